The van der Waals surface area contributed by atoms with Crippen molar-refractivity contribution in [2.75, 3.05) is 39.8 Å². The zero-order chi connectivity index (χ0) is 21.7. The van der Waals surface area contributed by atoms with E-state index in [9.17, 15) is 19.2 Å². The first-order valence-corrected chi connectivity index (χ1v) is 10.4. The Hall–Kier alpha value is -2.84. The fourth-order valence-electron chi connectivity index (χ4n) is 4.00. The Balaban J connectivity index is 1.46. The minimum Gasteiger partial charge on any atom is -0.467 e. The molecule has 164 valence electrons. The van der Waals surface area contributed by atoms with E-state index in [0.717, 1.165) is 0 Å². The van der Waals surface area contributed by atoms with Crippen LogP contribution in [0.3, 0.4) is 0 Å². The smallest absolute Gasteiger partial charge is 0.309 e. The Morgan fingerprint density at radius 1 is 1.23 bits per heavy atom. The summed E-state index contributed by atoms with van der Waals surface area (Å²) in [7, 11) is 1.59. The Morgan fingerprint density at radius 3 is 2.60 bits per heavy atom. The molecule has 2 saturated heterocycles. The van der Waals surface area contributed by atoms with E-state index in [0.29, 0.717) is 51.4 Å². The molecule has 2 aliphatic rings. The van der Waals surface area contributed by atoms with Crippen molar-refractivity contribution in [3.8, 4) is 0 Å². The second-order valence-electron chi connectivity index (χ2n) is 7.86. The molecule has 0 aromatic carbocycles. The highest BCUT2D eigenvalue weighted by Gasteiger charge is 2.37. The van der Waals surface area contributed by atoms with Crippen molar-refractivity contribution in [3.05, 3.63) is 24.2 Å². The van der Waals surface area contributed by atoms with Crippen LogP contribution in [-0.2, 0) is 30.5 Å². The number of ether oxygens (including phenoxy) is 1. The van der Waals surface area contributed by atoms with Crippen molar-refractivity contribution < 1.29 is 28.3 Å². The number of carbonyl (C=O) groups excluding carboxylic acids is 4. The second kappa shape index (κ2) is 9.77. The van der Waals surface area contributed by atoms with E-state index in [4.69, 9.17) is 9.15 Å². The molecule has 1 atom stereocenters. The summed E-state index contributed by atoms with van der Waals surface area (Å²) in [6, 6.07) is 3.55. The molecule has 0 bridgehead atoms. The molecule has 30 heavy (non-hydrogen) atoms. The Kier molecular flexibility index (Phi) is 7.12. The molecule has 9 nitrogen and oxygen atoms in total. The van der Waals surface area contributed by atoms with E-state index in [1.807, 2.05) is 0 Å². The zero-order valence-electron chi connectivity index (χ0n) is 17.5. The fraction of sp³-hybridized carbons (Fsp3) is 0.619. The molecule has 1 unspecified atom stereocenters. The molecular formula is C21H29N3O6. The molecule has 0 N–H and O–H groups in total. The maximum atomic E-state index is 12.8. The first-order chi connectivity index (χ1) is 14.4. The number of likely N-dealkylation sites (N-methyl/N-ethyl adjacent to an activating group) is 1. The van der Waals surface area contributed by atoms with Gasteiger partial charge in [0.15, 0.2) is 0 Å². The van der Waals surface area contributed by atoms with Crippen LogP contribution in [0.2, 0.25) is 0 Å². The van der Waals surface area contributed by atoms with Crippen LogP contribution in [0.5, 0.6) is 0 Å². The summed E-state index contributed by atoms with van der Waals surface area (Å²) in [6.07, 6.45) is 2.83. The third-order valence-electron chi connectivity index (χ3n) is 5.71. The Morgan fingerprint density at radius 2 is 1.97 bits per heavy atom. The summed E-state index contributed by atoms with van der Waals surface area (Å²) in [5.74, 6) is -0.610. The van der Waals surface area contributed by atoms with Crippen molar-refractivity contribution in [1.29, 1.82) is 0 Å². The van der Waals surface area contributed by atoms with Crippen molar-refractivity contribution in [2.45, 2.75) is 32.7 Å². The van der Waals surface area contributed by atoms with Crippen LogP contribution < -0.4 is 0 Å². The molecule has 1 aromatic rings. The molecule has 0 radical (unpaired) electrons. The lowest BCUT2D eigenvalue weighted by Crippen LogP contribution is -2.46. The van der Waals surface area contributed by atoms with Crippen molar-refractivity contribution in [1.82, 2.24) is 14.7 Å². The van der Waals surface area contributed by atoms with Gasteiger partial charge in [-0.15, -0.1) is 0 Å². The van der Waals surface area contributed by atoms with Gasteiger partial charge < -0.3 is 23.9 Å². The highest BCUT2D eigenvalue weighted by atomic mass is 16.5. The van der Waals surface area contributed by atoms with Crippen LogP contribution in [-0.4, -0.2) is 78.2 Å². The fourth-order valence-corrected chi connectivity index (χ4v) is 4.00. The maximum Gasteiger partial charge on any atom is 0.309 e. The SMILES string of the molecule is CCOC(=O)C1CCN(C(=O)CN(C)C(=O)C2CC(=O)N(Cc3ccco3)C2)CC1. The number of likely N-dealkylation sites (tertiary alicyclic amines) is 2. The van der Waals surface area contributed by atoms with E-state index in [1.165, 1.54) is 4.90 Å². The Bertz CT molecular complexity index is 770. The van der Waals surface area contributed by atoms with Crippen molar-refractivity contribution >= 4 is 23.7 Å². The number of furan rings is 1. The van der Waals surface area contributed by atoms with Crippen LogP contribution in [0.1, 0.15) is 31.9 Å². The zero-order valence-corrected chi connectivity index (χ0v) is 17.5. The van der Waals surface area contributed by atoms with Gasteiger partial charge in [0.05, 0.1) is 37.8 Å². The van der Waals surface area contributed by atoms with Crippen molar-refractivity contribution in [2.24, 2.45) is 11.8 Å². The molecule has 9 heteroatoms. The molecule has 3 heterocycles. The van der Waals surface area contributed by atoms with Gasteiger partial charge in [0, 0.05) is 33.1 Å². The third-order valence-corrected chi connectivity index (χ3v) is 5.71. The summed E-state index contributed by atoms with van der Waals surface area (Å²) in [4.78, 5) is 54.1. The molecule has 0 saturated carbocycles. The summed E-state index contributed by atoms with van der Waals surface area (Å²) in [5, 5.41) is 0. The number of amides is 3. The highest BCUT2D eigenvalue weighted by Crippen LogP contribution is 2.23. The average Bonchev–Trinajstić information content (AvgIpc) is 3.38. The number of nitrogens with zero attached hydrogens (tertiary/aromatic N) is 3. The van der Waals surface area contributed by atoms with Gasteiger partial charge in [-0.1, -0.05) is 0 Å². The lowest BCUT2D eigenvalue weighted by Gasteiger charge is -2.32. The number of piperidine rings is 1. The largest absolute Gasteiger partial charge is 0.467 e. The van der Waals surface area contributed by atoms with Gasteiger partial charge >= 0.3 is 5.97 Å². The van der Waals surface area contributed by atoms with E-state index in [1.54, 1.807) is 42.2 Å². The lowest BCUT2D eigenvalue weighted by atomic mass is 9.97. The molecule has 1 aromatic heterocycles. The molecule has 0 aliphatic carbocycles. The monoisotopic (exact) mass is 419 g/mol. The third kappa shape index (κ3) is 5.20. The molecule has 3 rings (SSSR count). The van der Waals surface area contributed by atoms with Gasteiger partial charge in [0.1, 0.15) is 5.76 Å². The first-order valence-electron chi connectivity index (χ1n) is 10.4. The van der Waals surface area contributed by atoms with Crippen LogP contribution in [0.15, 0.2) is 22.8 Å². The van der Waals surface area contributed by atoms with Gasteiger partial charge in [-0.25, -0.2) is 0 Å². The van der Waals surface area contributed by atoms with Crippen LogP contribution in [0, 0.1) is 11.8 Å². The van der Waals surface area contributed by atoms with Gasteiger partial charge in [-0.3, -0.25) is 19.2 Å². The van der Waals surface area contributed by atoms with Crippen LogP contribution >= 0.6 is 0 Å². The standard InChI is InChI=1S/C21H29N3O6/c1-3-29-21(28)15-6-8-23(9-7-15)19(26)14-22(2)20(27)16-11-18(25)24(12-16)13-17-5-4-10-30-17/h4-5,10,15-16H,3,6-9,11-14H2,1-2H3. The number of hydrogen-bond acceptors (Lipinski definition) is 6. The quantitative estimate of drug-likeness (QED) is 0.609. The average molecular weight is 419 g/mol. The minimum atomic E-state index is -0.459. The van der Waals surface area contributed by atoms with Crippen LogP contribution in [0.25, 0.3) is 0 Å². The van der Waals surface area contributed by atoms with Gasteiger partial charge in [0.25, 0.3) is 0 Å². The van der Waals surface area contributed by atoms with Gasteiger partial charge in [-0.2, -0.15) is 0 Å². The van der Waals surface area contributed by atoms with Gasteiger partial charge in [-0.05, 0) is 31.9 Å². The number of carbonyl (C=O) groups is 4. The summed E-state index contributed by atoms with van der Waals surface area (Å²) in [6.45, 7) is 3.71. The van der Waals surface area contributed by atoms with Gasteiger partial charge in [0.2, 0.25) is 17.7 Å². The van der Waals surface area contributed by atoms with E-state index >= 15 is 0 Å². The normalized spacial score (nSPS) is 19.8. The maximum absolute atomic E-state index is 12.8. The predicted octanol–water partition coefficient (Wildman–Crippen LogP) is 0.888. The number of rotatable bonds is 7. The molecule has 0 spiro atoms. The summed E-state index contributed by atoms with van der Waals surface area (Å²) in [5.41, 5.74) is 0. The van der Waals surface area contributed by atoms with Crippen LogP contribution in [0.4, 0.5) is 0 Å². The highest BCUT2D eigenvalue weighted by molar-refractivity contribution is 5.91. The molecule has 2 fully saturated rings. The van der Waals surface area contributed by atoms with Crippen molar-refractivity contribution in [3.63, 3.8) is 0 Å². The molecule has 2 aliphatic heterocycles. The minimum absolute atomic E-state index is 0.0359. The number of esters is 1. The summed E-state index contributed by atoms with van der Waals surface area (Å²) < 4.78 is 10.3. The summed E-state index contributed by atoms with van der Waals surface area (Å²) >= 11 is 0. The topological polar surface area (TPSA) is 100 Å². The van der Waals surface area contributed by atoms with E-state index in [-0.39, 0.29) is 42.6 Å². The second-order valence-corrected chi connectivity index (χ2v) is 7.86. The lowest BCUT2D eigenvalue weighted by molar-refractivity contribution is -0.151. The number of hydrogen-bond donors (Lipinski definition) is 0. The predicted molar refractivity (Wildman–Crippen MR) is 106 cm³/mol. The van der Waals surface area contributed by atoms with E-state index in [2.05, 4.69) is 0 Å². The van der Waals surface area contributed by atoms with E-state index < -0.39 is 5.92 Å². The molecular weight excluding hydrogens is 390 g/mol. The first kappa shape index (κ1) is 21.9. The Labute approximate surface area is 175 Å². The molecule has 3 amide bonds.